The van der Waals surface area contributed by atoms with Crippen molar-refractivity contribution in [3.8, 4) is 22.6 Å². The number of halogens is 1. The fraction of sp³-hybridized carbons (Fsp3) is 0.333. The van der Waals surface area contributed by atoms with Gasteiger partial charge in [-0.15, -0.1) is 0 Å². The molecule has 0 aliphatic carbocycles. The summed E-state index contributed by atoms with van der Waals surface area (Å²) in [7, 11) is 0. The molecular weight excluding hydrogens is 798 g/mol. The van der Waals surface area contributed by atoms with Gasteiger partial charge >= 0.3 is 0 Å². The predicted octanol–water partition coefficient (Wildman–Crippen LogP) is 7.32. The van der Waals surface area contributed by atoms with E-state index in [1.165, 1.54) is 0 Å². The van der Waals surface area contributed by atoms with E-state index < -0.39 is 5.92 Å². The number of ether oxygens (including phenoxy) is 2. The zero-order valence-corrected chi connectivity index (χ0v) is 30.6. The third-order valence-corrected chi connectivity index (χ3v) is 8.61. The fourth-order valence-electron chi connectivity index (χ4n) is 6.04. The SMILES string of the molecule is CCCCCCOc1c2c(c3nc(Cl)c(-c4ccccc4)c(=C=O)c3c1OCCCCCC)=NC(=C=O)C(c1ccccc1)C2=C=O.[Re]. The molecule has 1 radical (unpaired) electrons. The molecule has 1 atom stereocenters. The first-order valence-corrected chi connectivity index (χ1v) is 16.7. The smallest absolute Gasteiger partial charge is 0.172 e. The summed E-state index contributed by atoms with van der Waals surface area (Å²) < 4.78 is 13.1. The second-order valence-electron chi connectivity index (χ2n) is 11.5. The van der Waals surface area contributed by atoms with Crippen molar-refractivity contribution in [1.82, 2.24) is 4.98 Å². The molecule has 1 unspecified atom stereocenters. The van der Waals surface area contributed by atoms with Gasteiger partial charge in [0.05, 0.1) is 40.9 Å². The first kappa shape index (κ1) is 36.7. The Morgan fingerprint density at radius 3 is 1.90 bits per heavy atom. The zero-order valence-electron chi connectivity index (χ0n) is 27.1. The Hall–Kier alpha value is -4.10. The number of rotatable bonds is 14. The number of pyridine rings is 1. The largest absolute Gasteiger partial charge is 0.489 e. The molecule has 4 aromatic rings. The van der Waals surface area contributed by atoms with Crippen LogP contribution in [0.5, 0.6) is 11.5 Å². The van der Waals surface area contributed by atoms with Crippen LogP contribution in [0, 0.1) is 0 Å². The molecule has 7 nitrogen and oxygen atoms in total. The van der Waals surface area contributed by atoms with Gasteiger partial charge in [-0.1, -0.05) is 125 Å². The van der Waals surface area contributed by atoms with Gasteiger partial charge in [-0.3, -0.25) is 0 Å². The van der Waals surface area contributed by atoms with Crippen LogP contribution in [-0.4, -0.2) is 36.0 Å². The Labute approximate surface area is 299 Å². The molecule has 0 bridgehead atoms. The van der Waals surface area contributed by atoms with Crippen LogP contribution in [-0.2, 0) is 34.8 Å². The van der Waals surface area contributed by atoms with Crippen LogP contribution in [0.25, 0.3) is 27.6 Å². The number of unbranched alkanes of at least 4 members (excludes halogenated alkanes) is 6. The first-order chi connectivity index (χ1) is 23.1. The van der Waals surface area contributed by atoms with Gasteiger partial charge in [0.15, 0.2) is 11.5 Å². The molecule has 0 saturated heterocycles. The quantitative estimate of drug-likeness (QED) is 0.0752. The minimum Gasteiger partial charge on any atom is -0.489 e. The summed E-state index contributed by atoms with van der Waals surface area (Å²) in [6.07, 6.45) is 7.64. The average molecular weight is 835 g/mol. The minimum atomic E-state index is -0.854. The maximum atomic E-state index is 13.0. The molecule has 48 heavy (non-hydrogen) atoms. The fourth-order valence-corrected chi connectivity index (χ4v) is 6.33. The van der Waals surface area contributed by atoms with Crippen LogP contribution in [0.1, 0.15) is 82.3 Å². The van der Waals surface area contributed by atoms with Gasteiger partial charge in [0.2, 0.25) is 0 Å². The van der Waals surface area contributed by atoms with Gasteiger partial charge in [-0.05, 0) is 24.0 Å². The molecule has 247 valence electrons. The van der Waals surface area contributed by atoms with Crippen LogP contribution in [0.4, 0.5) is 0 Å². The standard InChI is InChI=1S/C39H37ClN2O5.Re/c1-3-5-7-15-21-46-37-33-28(23-43)31(26-17-11-9-12-18-26)30(25-45)41-35(33)36-34(38(37)47-22-16-8-6-4-2)29(24-44)32(39(40)42-36)27-19-13-10-14-20-27;/h9-14,17-20,31H,3-8,15-16,21-22H2,1-2H3;. The molecule has 1 aliphatic heterocycles. The van der Waals surface area contributed by atoms with E-state index in [0.717, 1.165) is 51.4 Å². The summed E-state index contributed by atoms with van der Waals surface area (Å²) in [5.74, 6) is 5.84. The van der Waals surface area contributed by atoms with Crippen molar-refractivity contribution >= 4 is 45.9 Å². The van der Waals surface area contributed by atoms with Crippen molar-refractivity contribution in [2.45, 2.75) is 71.1 Å². The van der Waals surface area contributed by atoms with Crippen molar-refractivity contribution in [1.29, 1.82) is 0 Å². The normalized spacial score (nSPS) is 13.4. The second kappa shape index (κ2) is 17.9. The Morgan fingerprint density at radius 1 is 0.729 bits per heavy atom. The van der Waals surface area contributed by atoms with Crippen molar-refractivity contribution in [2.75, 3.05) is 13.2 Å². The molecule has 0 saturated carbocycles. The van der Waals surface area contributed by atoms with Gasteiger partial charge < -0.3 is 9.47 Å². The van der Waals surface area contributed by atoms with E-state index in [2.05, 4.69) is 25.7 Å². The number of carbonyl (C=O) groups excluding carboxylic acids is 3. The van der Waals surface area contributed by atoms with Gasteiger partial charge in [0.1, 0.15) is 39.5 Å². The van der Waals surface area contributed by atoms with Gasteiger partial charge in [0, 0.05) is 26.0 Å². The van der Waals surface area contributed by atoms with E-state index >= 15 is 0 Å². The van der Waals surface area contributed by atoms with Crippen LogP contribution in [0.2, 0.25) is 5.15 Å². The molecule has 1 aliphatic rings. The Kier molecular flexibility index (Phi) is 13.7. The summed E-state index contributed by atoms with van der Waals surface area (Å²) in [6.45, 7) is 4.93. The summed E-state index contributed by atoms with van der Waals surface area (Å²) >= 11 is 6.84. The summed E-state index contributed by atoms with van der Waals surface area (Å²) in [6, 6.07) is 18.3. The molecule has 5 rings (SSSR count). The topological polar surface area (TPSA) is 94.9 Å². The number of hydrogen-bond donors (Lipinski definition) is 0. The molecule has 3 aromatic carbocycles. The number of aromatic nitrogens is 1. The summed E-state index contributed by atoms with van der Waals surface area (Å²) in [5.41, 5.74) is 2.34. The van der Waals surface area contributed by atoms with Gasteiger partial charge in [-0.2, -0.15) is 0 Å². The monoisotopic (exact) mass is 835 g/mol. The summed E-state index contributed by atoms with van der Waals surface area (Å²) in [5, 5.41) is 0.643. The molecule has 2 heterocycles. The van der Waals surface area contributed by atoms with Crippen LogP contribution >= 0.6 is 11.6 Å². The Morgan fingerprint density at radius 2 is 1.33 bits per heavy atom. The van der Waals surface area contributed by atoms with Crippen LogP contribution in [0.3, 0.4) is 0 Å². The maximum Gasteiger partial charge on any atom is 0.172 e. The van der Waals surface area contributed by atoms with Crippen molar-refractivity contribution < 1.29 is 44.3 Å². The number of nitrogens with zero attached hydrogens (tertiary/aromatic N) is 2. The van der Waals surface area contributed by atoms with E-state index in [1.54, 1.807) is 0 Å². The molecule has 0 spiro atoms. The summed E-state index contributed by atoms with van der Waals surface area (Å²) in [4.78, 5) is 47.9. The van der Waals surface area contributed by atoms with E-state index in [-0.39, 0.29) is 64.4 Å². The molecule has 9 heteroatoms. The van der Waals surface area contributed by atoms with Crippen molar-refractivity contribution in [2.24, 2.45) is 4.99 Å². The van der Waals surface area contributed by atoms with Crippen LogP contribution < -0.4 is 20.0 Å². The molecule has 0 fully saturated rings. The predicted molar refractivity (Wildman–Crippen MR) is 185 cm³/mol. The van der Waals surface area contributed by atoms with Gasteiger partial charge in [-0.25, -0.2) is 24.4 Å². The first-order valence-electron chi connectivity index (χ1n) is 16.3. The molecule has 1 aromatic heterocycles. The van der Waals surface area contributed by atoms with E-state index in [9.17, 15) is 14.4 Å². The number of allylic oxidation sites excluding steroid dienone is 1. The second-order valence-corrected chi connectivity index (χ2v) is 11.9. The number of hydrogen-bond acceptors (Lipinski definition) is 7. The number of benzene rings is 3. The van der Waals surface area contributed by atoms with Crippen molar-refractivity contribution in [3.05, 3.63) is 93.2 Å². The third-order valence-electron chi connectivity index (χ3n) is 8.34. The van der Waals surface area contributed by atoms with E-state index in [4.69, 9.17) is 31.1 Å². The Balaban J connectivity index is 0.00000520. The van der Waals surface area contributed by atoms with E-state index in [0.29, 0.717) is 40.9 Å². The number of fused-ring (bicyclic) bond motifs is 3. The molecule has 0 N–H and O–H groups in total. The Bertz CT molecular complexity index is 2000. The van der Waals surface area contributed by atoms with Gasteiger partial charge in [0.25, 0.3) is 0 Å². The van der Waals surface area contributed by atoms with Crippen LogP contribution in [0.15, 0.2) is 71.4 Å². The molecular formula is C39H37ClN2O5Re. The third kappa shape index (κ3) is 7.62. The molecule has 0 amide bonds. The average Bonchev–Trinajstić information content (AvgIpc) is 3.11. The van der Waals surface area contributed by atoms with E-state index in [1.807, 2.05) is 66.6 Å². The van der Waals surface area contributed by atoms with Crippen molar-refractivity contribution in [3.63, 3.8) is 0 Å². The maximum absolute atomic E-state index is 13.0. The minimum absolute atomic E-state index is 0. The zero-order chi connectivity index (χ0) is 33.2.